The first kappa shape index (κ1) is 9.66. The van der Waals surface area contributed by atoms with Gasteiger partial charge in [0.1, 0.15) is 0 Å². The van der Waals surface area contributed by atoms with Crippen LogP contribution >= 0.6 is 0 Å². The zero-order chi connectivity index (χ0) is 10.7. The zero-order valence-electron chi connectivity index (χ0n) is 8.70. The Hall–Kier alpha value is -1.89. The SMILES string of the molecule is Cc1ccccc1/C=C1/C=CC=CC1=N. The molecule has 1 N–H and O–H groups in total. The van der Waals surface area contributed by atoms with Gasteiger partial charge in [0.05, 0.1) is 5.71 Å². The maximum Gasteiger partial charge on any atom is 0.0612 e. The molecule has 1 aromatic rings. The molecule has 0 spiro atoms. The summed E-state index contributed by atoms with van der Waals surface area (Å²) in [7, 11) is 0. The van der Waals surface area contributed by atoms with Crippen molar-refractivity contribution in [3.8, 4) is 0 Å². The molecule has 0 bridgehead atoms. The Kier molecular flexibility index (Phi) is 2.64. The van der Waals surface area contributed by atoms with Gasteiger partial charge in [0, 0.05) is 0 Å². The van der Waals surface area contributed by atoms with E-state index in [1.54, 1.807) is 0 Å². The Morgan fingerprint density at radius 3 is 2.53 bits per heavy atom. The lowest BCUT2D eigenvalue weighted by Gasteiger charge is -2.05. The van der Waals surface area contributed by atoms with E-state index in [4.69, 9.17) is 5.41 Å². The molecule has 0 unspecified atom stereocenters. The summed E-state index contributed by atoms with van der Waals surface area (Å²) in [6.07, 6.45) is 9.68. The van der Waals surface area contributed by atoms with Crippen molar-refractivity contribution in [2.75, 3.05) is 0 Å². The van der Waals surface area contributed by atoms with E-state index in [9.17, 15) is 0 Å². The molecule has 0 heterocycles. The van der Waals surface area contributed by atoms with Gasteiger partial charge < -0.3 is 5.41 Å². The van der Waals surface area contributed by atoms with Crippen LogP contribution in [0.4, 0.5) is 0 Å². The zero-order valence-corrected chi connectivity index (χ0v) is 8.70. The normalized spacial score (nSPS) is 17.4. The van der Waals surface area contributed by atoms with Gasteiger partial charge in [-0.3, -0.25) is 0 Å². The van der Waals surface area contributed by atoms with Crippen molar-refractivity contribution in [1.29, 1.82) is 5.41 Å². The summed E-state index contributed by atoms with van der Waals surface area (Å²) < 4.78 is 0. The van der Waals surface area contributed by atoms with Crippen molar-refractivity contribution >= 4 is 11.8 Å². The number of allylic oxidation sites excluding steroid dienone is 5. The number of rotatable bonds is 1. The van der Waals surface area contributed by atoms with E-state index in [0.717, 1.165) is 5.57 Å². The molecule has 0 saturated carbocycles. The number of aryl methyl sites for hydroxylation is 1. The number of hydrogen-bond acceptors (Lipinski definition) is 1. The molecular weight excluding hydrogens is 182 g/mol. The quantitative estimate of drug-likeness (QED) is 0.709. The van der Waals surface area contributed by atoms with Crippen LogP contribution in [0.15, 0.2) is 54.1 Å². The maximum atomic E-state index is 7.76. The molecule has 1 heteroatoms. The summed E-state index contributed by atoms with van der Waals surface area (Å²) >= 11 is 0. The minimum atomic E-state index is 0.570. The van der Waals surface area contributed by atoms with Crippen molar-refractivity contribution in [1.82, 2.24) is 0 Å². The van der Waals surface area contributed by atoms with Crippen molar-refractivity contribution in [3.05, 3.63) is 65.3 Å². The molecule has 15 heavy (non-hydrogen) atoms. The van der Waals surface area contributed by atoms with Crippen LogP contribution in [0, 0.1) is 12.3 Å². The molecule has 1 nitrogen and oxygen atoms in total. The minimum absolute atomic E-state index is 0.570. The highest BCUT2D eigenvalue weighted by atomic mass is 14.4. The monoisotopic (exact) mass is 195 g/mol. The lowest BCUT2D eigenvalue weighted by molar-refractivity contribution is 1.44. The second-order valence-electron chi connectivity index (χ2n) is 3.59. The van der Waals surface area contributed by atoms with Crippen molar-refractivity contribution in [3.63, 3.8) is 0 Å². The molecule has 0 fully saturated rings. The molecule has 0 aromatic heterocycles. The molecule has 0 aliphatic heterocycles. The predicted molar refractivity (Wildman–Crippen MR) is 65.2 cm³/mol. The van der Waals surface area contributed by atoms with E-state index in [2.05, 4.69) is 25.1 Å². The van der Waals surface area contributed by atoms with E-state index in [0.29, 0.717) is 5.71 Å². The fourth-order valence-electron chi connectivity index (χ4n) is 1.54. The van der Waals surface area contributed by atoms with Gasteiger partial charge in [0.25, 0.3) is 0 Å². The van der Waals surface area contributed by atoms with Crippen LogP contribution in [-0.4, -0.2) is 5.71 Å². The van der Waals surface area contributed by atoms with Gasteiger partial charge in [-0.05, 0) is 35.8 Å². The molecule has 1 aliphatic rings. The predicted octanol–water partition coefficient (Wildman–Crippen LogP) is 3.52. The first-order valence-electron chi connectivity index (χ1n) is 4.98. The van der Waals surface area contributed by atoms with Gasteiger partial charge in [-0.25, -0.2) is 0 Å². The topological polar surface area (TPSA) is 23.9 Å². The Morgan fingerprint density at radius 2 is 1.80 bits per heavy atom. The second kappa shape index (κ2) is 4.09. The number of hydrogen-bond donors (Lipinski definition) is 1. The Labute approximate surface area is 90.0 Å². The molecule has 1 aromatic carbocycles. The van der Waals surface area contributed by atoms with Crippen LogP contribution in [0.1, 0.15) is 11.1 Å². The largest absolute Gasteiger partial charge is 0.300 e. The smallest absolute Gasteiger partial charge is 0.0612 e. The highest BCUT2D eigenvalue weighted by molar-refractivity contribution is 6.12. The summed E-state index contributed by atoms with van der Waals surface area (Å²) in [6, 6.07) is 8.20. The van der Waals surface area contributed by atoms with Crippen molar-refractivity contribution in [2.24, 2.45) is 0 Å². The Balaban J connectivity index is 2.39. The first-order valence-corrected chi connectivity index (χ1v) is 4.98. The van der Waals surface area contributed by atoms with E-state index in [1.165, 1.54) is 11.1 Å². The van der Waals surface area contributed by atoms with Crippen LogP contribution < -0.4 is 0 Å². The fraction of sp³-hybridized carbons (Fsp3) is 0.0714. The molecule has 0 radical (unpaired) electrons. The Morgan fingerprint density at radius 1 is 1.07 bits per heavy atom. The van der Waals surface area contributed by atoms with Gasteiger partial charge in [-0.2, -0.15) is 0 Å². The number of benzene rings is 1. The van der Waals surface area contributed by atoms with Gasteiger partial charge in [0.2, 0.25) is 0 Å². The summed E-state index contributed by atoms with van der Waals surface area (Å²) in [5.41, 5.74) is 3.95. The summed E-state index contributed by atoms with van der Waals surface area (Å²) in [6.45, 7) is 2.08. The van der Waals surface area contributed by atoms with Crippen LogP contribution in [0.5, 0.6) is 0 Å². The molecule has 0 amide bonds. The lowest BCUT2D eigenvalue weighted by Crippen LogP contribution is -1.97. The average Bonchev–Trinajstić information content (AvgIpc) is 2.24. The standard InChI is InChI=1S/C14H13N/c1-11-6-2-3-7-12(11)10-13-8-4-5-9-14(13)15/h2-10,15H,1H3/b13-10-,15-14?. The molecule has 0 saturated heterocycles. The van der Waals surface area contributed by atoms with Crippen LogP contribution in [-0.2, 0) is 0 Å². The maximum absolute atomic E-state index is 7.76. The summed E-state index contributed by atoms with van der Waals surface area (Å²) in [5, 5.41) is 7.76. The third-order valence-electron chi connectivity index (χ3n) is 2.46. The van der Waals surface area contributed by atoms with Gasteiger partial charge >= 0.3 is 0 Å². The molecule has 0 atom stereocenters. The third kappa shape index (κ3) is 2.13. The Bertz CT molecular complexity index is 476. The van der Waals surface area contributed by atoms with E-state index in [1.807, 2.05) is 36.4 Å². The molecule has 2 rings (SSSR count). The third-order valence-corrected chi connectivity index (χ3v) is 2.46. The second-order valence-corrected chi connectivity index (χ2v) is 3.59. The lowest BCUT2D eigenvalue weighted by atomic mass is 10.0. The van der Waals surface area contributed by atoms with Crippen LogP contribution in [0.25, 0.3) is 6.08 Å². The van der Waals surface area contributed by atoms with Crippen molar-refractivity contribution < 1.29 is 0 Å². The van der Waals surface area contributed by atoms with Gasteiger partial charge in [0.15, 0.2) is 0 Å². The summed E-state index contributed by atoms with van der Waals surface area (Å²) in [4.78, 5) is 0. The first-order chi connectivity index (χ1) is 7.27. The highest BCUT2D eigenvalue weighted by Crippen LogP contribution is 2.15. The van der Waals surface area contributed by atoms with E-state index >= 15 is 0 Å². The van der Waals surface area contributed by atoms with E-state index < -0.39 is 0 Å². The summed E-state index contributed by atoms with van der Waals surface area (Å²) in [5.74, 6) is 0. The number of nitrogens with one attached hydrogen (secondary N) is 1. The molecule has 74 valence electrons. The van der Waals surface area contributed by atoms with Gasteiger partial charge in [-0.1, -0.05) is 42.5 Å². The van der Waals surface area contributed by atoms with Crippen LogP contribution in [0.2, 0.25) is 0 Å². The average molecular weight is 195 g/mol. The minimum Gasteiger partial charge on any atom is -0.300 e. The van der Waals surface area contributed by atoms with Crippen molar-refractivity contribution in [2.45, 2.75) is 6.92 Å². The highest BCUT2D eigenvalue weighted by Gasteiger charge is 2.02. The fourth-order valence-corrected chi connectivity index (χ4v) is 1.54. The molecule has 1 aliphatic carbocycles. The molecular formula is C14H13N. The van der Waals surface area contributed by atoms with Gasteiger partial charge in [-0.15, -0.1) is 0 Å². The van der Waals surface area contributed by atoms with Crippen LogP contribution in [0.3, 0.4) is 0 Å². The van der Waals surface area contributed by atoms with E-state index in [-0.39, 0.29) is 0 Å².